The molecular weight excluding hydrogens is 298 g/mol. The number of aromatic nitrogens is 2. The largest absolute Gasteiger partial charge is 0.465 e. The Hall–Kier alpha value is -3.22. The van der Waals surface area contributed by atoms with Gasteiger partial charge in [0.15, 0.2) is 0 Å². The number of hydrogen-bond donors (Lipinski definition) is 2. The number of ether oxygens (including phenoxy) is 1. The van der Waals surface area contributed by atoms with Crippen molar-refractivity contribution in [3.05, 3.63) is 57.8 Å². The van der Waals surface area contributed by atoms with Gasteiger partial charge in [0.25, 0.3) is 5.56 Å². The molecule has 23 heavy (non-hydrogen) atoms. The minimum absolute atomic E-state index is 0.0967. The lowest BCUT2D eigenvalue weighted by molar-refractivity contribution is 0.0596. The highest BCUT2D eigenvalue weighted by molar-refractivity contribution is 6.05. The Morgan fingerprint density at radius 1 is 1.35 bits per heavy atom. The monoisotopic (exact) mass is 311 g/mol. The molecule has 3 heterocycles. The van der Waals surface area contributed by atoms with Crippen molar-refractivity contribution in [1.82, 2.24) is 9.97 Å². The lowest BCUT2D eigenvalue weighted by Gasteiger charge is -2.11. The molecule has 0 amide bonds. The molecule has 0 aromatic carbocycles. The molecule has 2 N–H and O–H groups in total. The molecule has 0 atom stereocenters. The number of nitrogens with zero attached hydrogens (tertiary/aromatic N) is 1. The summed E-state index contributed by atoms with van der Waals surface area (Å²) in [5.41, 5.74) is 0.839. The van der Waals surface area contributed by atoms with Crippen LogP contribution in [0, 0.1) is 12.3 Å². The molecule has 0 saturated heterocycles. The van der Waals surface area contributed by atoms with E-state index >= 15 is 0 Å². The minimum atomic E-state index is -0.743. The predicted octanol–water partition coefficient (Wildman–Crippen LogP) is 1.76. The lowest BCUT2D eigenvalue weighted by Crippen LogP contribution is -2.20. The van der Waals surface area contributed by atoms with Crippen LogP contribution in [0.4, 0.5) is 0 Å². The zero-order valence-electron chi connectivity index (χ0n) is 12.5. The number of carbonyl (C=O) groups is 1. The van der Waals surface area contributed by atoms with Crippen molar-refractivity contribution in [1.29, 1.82) is 5.41 Å². The molecule has 3 aromatic heterocycles. The fourth-order valence-corrected chi connectivity index (χ4v) is 2.48. The third kappa shape index (κ3) is 2.42. The molecule has 0 bridgehead atoms. The standard InChI is InChI=1S/C16H13N3O4/c1-8-7-10-12(15(20)19-8)11(9-3-5-18-6-4-9)13(14(17)23-10)16(21)22-2/h3-7,17H,1-2H3,(H,19,20). The van der Waals surface area contributed by atoms with Crippen LogP contribution in [0.25, 0.3) is 22.1 Å². The van der Waals surface area contributed by atoms with E-state index in [1.54, 1.807) is 37.5 Å². The third-order valence-electron chi connectivity index (χ3n) is 3.43. The Morgan fingerprint density at radius 2 is 2.04 bits per heavy atom. The number of methoxy groups -OCH3 is 1. The summed E-state index contributed by atoms with van der Waals surface area (Å²) in [7, 11) is 1.21. The summed E-state index contributed by atoms with van der Waals surface area (Å²) >= 11 is 0. The first kappa shape index (κ1) is 14.7. The van der Waals surface area contributed by atoms with Gasteiger partial charge in [0.2, 0.25) is 5.55 Å². The molecule has 3 rings (SSSR count). The second kappa shape index (κ2) is 5.53. The van der Waals surface area contributed by atoms with Gasteiger partial charge in [-0.3, -0.25) is 15.2 Å². The van der Waals surface area contributed by atoms with E-state index in [0.29, 0.717) is 16.8 Å². The first-order valence-electron chi connectivity index (χ1n) is 6.77. The van der Waals surface area contributed by atoms with Crippen molar-refractivity contribution in [2.45, 2.75) is 6.92 Å². The Kier molecular flexibility index (Phi) is 3.53. The minimum Gasteiger partial charge on any atom is -0.465 e. The van der Waals surface area contributed by atoms with E-state index in [4.69, 9.17) is 14.6 Å². The van der Waals surface area contributed by atoms with Gasteiger partial charge >= 0.3 is 5.97 Å². The number of pyridine rings is 2. The van der Waals surface area contributed by atoms with Gasteiger partial charge < -0.3 is 14.1 Å². The van der Waals surface area contributed by atoms with E-state index in [9.17, 15) is 9.59 Å². The van der Waals surface area contributed by atoms with Crippen LogP contribution in [0.15, 0.2) is 39.8 Å². The maximum absolute atomic E-state index is 12.4. The Bertz CT molecular complexity index is 1020. The van der Waals surface area contributed by atoms with Gasteiger partial charge in [-0.2, -0.15) is 0 Å². The average molecular weight is 311 g/mol. The number of aromatic amines is 1. The zero-order valence-corrected chi connectivity index (χ0v) is 12.5. The van der Waals surface area contributed by atoms with E-state index in [2.05, 4.69) is 9.97 Å². The second-order valence-electron chi connectivity index (χ2n) is 4.93. The molecular formula is C16H13N3O4. The maximum atomic E-state index is 12.4. The highest BCUT2D eigenvalue weighted by Crippen LogP contribution is 2.28. The molecule has 0 unspecified atom stereocenters. The molecule has 0 aliphatic rings. The lowest BCUT2D eigenvalue weighted by atomic mass is 9.98. The van der Waals surface area contributed by atoms with Crippen molar-refractivity contribution in [3.63, 3.8) is 0 Å². The average Bonchev–Trinajstić information content (AvgIpc) is 2.53. The summed E-state index contributed by atoms with van der Waals surface area (Å²) in [6.07, 6.45) is 3.08. The summed E-state index contributed by atoms with van der Waals surface area (Å²) in [5.74, 6) is -0.743. The van der Waals surface area contributed by atoms with Crippen LogP contribution < -0.4 is 11.1 Å². The Labute approximate surface area is 130 Å². The van der Waals surface area contributed by atoms with Crippen molar-refractivity contribution in [2.24, 2.45) is 0 Å². The van der Waals surface area contributed by atoms with Crippen LogP contribution in [0.1, 0.15) is 16.1 Å². The van der Waals surface area contributed by atoms with Crippen LogP contribution in [0.5, 0.6) is 0 Å². The van der Waals surface area contributed by atoms with Gasteiger partial charge in [-0.25, -0.2) is 4.79 Å². The summed E-state index contributed by atoms with van der Waals surface area (Å²) in [6, 6.07) is 4.92. The summed E-state index contributed by atoms with van der Waals surface area (Å²) < 4.78 is 10.1. The van der Waals surface area contributed by atoms with Crippen LogP contribution in [0.3, 0.4) is 0 Å². The van der Waals surface area contributed by atoms with E-state index in [1.807, 2.05) is 0 Å². The van der Waals surface area contributed by atoms with Gasteiger partial charge in [0.05, 0.1) is 12.5 Å². The zero-order chi connectivity index (χ0) is 16.6. The fourth-order valence-electron chi connectivity index (χ4n) is 2.48. The highest BCUT2D eigenvalue weighted by atomic mass is 16.5. The molecule has 116 valence electrons. The van der Waals surface area contributed by atoms with Gasteiger partial charge in [-0.15, -0.1) is 0 Å². The van der Waals surface area contributed by atoms with Crippen LogP contribution in [0.2, 0.25) is 0 Å². The van der Waals surface area contributed by atoms with Crippen molar-refractivity contribution in [3.8, 4) is 11.1 Å². The number of aryl methyl sites for hydroxylation is 1. The van der Waals surface area contributed by atoms with Gasteiger partial charge in [0, 0.05) is 29.7 Å². The van der Waals surface area contributed by atoms with Crippen LogP contribution in [-0.4, -0.2) is 23.0 Å². The van der Waals surface area contributed by atoms with E-state index < -0.39 is 11.5 Å². The normalized spacial score (nSPS) is 10.7. The molecule has 7 heteroatoms. The van der Waals surface area contributed by atoms with E-state index in [-0.39, 0.29) is 22.1 Å². The number of fused-ring (bicyclic) bond motifs is 1. The smallest absolute Gasteiger partial charge is 0.344 e. The molecule has 0 spiro atoms. The van der Waals surface area contributed by atoms with Gasteiger partial charge in [0.1, 0.15) is 11.1 Å². The van der Waals surface area contributed by atoms with Crippen LogP contribution in [-0.2, 0) is 4.74 Å². The number of rotatable bonds is 2. The van der Waals surface area contributed by atoms with Crippen molar-refractivity contribution >= 4 is 16.9 Å². The summed E-state index contributed by atoms with van der Waals surface area (Å²) in [5, 5.41) is 8.22. The first-order valence-corrected chi connectivity index (χ1v) is 6.77. The Balaban J connectivity index is 2.58. The number of esters is 1. The number of H-pyrrole nitrogens is 1. The number of carbonyl (C=O) groups excluding carboxylic acids is 1. The number of nitrogens with one attached hydrogen (secondary N) is 2. The molecule has 0 aliphatic carbocycles. The summed E-state index contributed by atoms with van der Waals surface area (Å²) in [6.45, 7) is 1.71. The van der Waals surface area contributed by atoms with E-state index in [0.717, 1.165) is 0 Å². The second-order valence-corrected chi connectivity index (χ2v) is 4.93. The van der Waals surface area contributed by atoms with E-state index in [1.165, 1.54) is 7.11 Å². The highest BCUT2D eigenvalue weighted by Gasteiger charge is 2.23. The van der Waals surface area contributed by atoms with Crippen molar-refractivity contribution in [2.75, 3.05) is 7.11 Å². The van der Waals surface area contributed by atoms with Crippen molar-refractivity contribution < 1.29 is 13.9 Å². The number of hydrogen-bond acceptors (Lipinski definition) is 6. The first-order chi connectivity index (χ1) is 11.0. The SMILES string of the molecule is COC(=O)c1c(-c2ccncc2)c2c(=O)[nH]c(C)cc2oc1=N. The summed E-state index contributed by atoms with van der Waals surface area (Å²) in [4.78, 5) is 31.2. The van der Waals surface area contributed by atoms with Gasteiger partial charge in [-0.05, 0) is 24.6 Å². The molecule has 0 radical (unpaired) electrons. The van der Waals surface area contributed by atoms with Crippen LogP contribution >= 0.6 is 0 Å². The topological polar surface area (TPSA) is 109 Å². The maximum Gasteiger partial charge on any atom is 0.344 e. The molecule has 3 aromatic rings. The fraction of sp³-hybridized carbons (Fsp3) is 0.125. The molecule has 0 aliphatic heterocycles. The third-order valence-corrected chi connectivity index (χ3v) is 3.43. The molecule has 7 nitrogen and oxygen atoms in total. The molecule has 0 fully saturated rings. The predicted molar refractivity (Wildman–Crippen MR) is 82.0 cm³/mol. The molecule has 0 saturated carbocycles. The quantitative estimate of drug-likeness (QED) is 0.701. The van der Waals surface area contributed by atoms with Gasteiger partial charge in [-0.1, -0.05) is 0 Å². The Morgan fingerprint density at radius 3 is 2.70 bits per heavy atom.